The van der Waals surface area contributed by atoms with E-state index in [2.05, 4.69) is 6.58 Å². The minimum atomic E-state index is -3.55. The first kappa shape index (κ1) is 14.2. The van der Waals surface area contributed by atoms with Gasteiger partial charge in [0, 0.05) is 24.7 Å². The fourth-order valence-corrected chi connectivity index (χ4v) is 3.10. The summed E-state index contributed by atoms with van der Waals surface area (Å²) >= 11 is 5.78. The molecular weight excluding hydrogens is 260 g/mol. The lowest BCUT2D eigenvalue weighted by molar-refractivity contribution is 0.450. The van der Waals surface area contributed by atoms with E-state index in [0.717, 1.165) is 0 Å². The lowest BCUT2D eigenvalue weighted by atomic mass is 10.4. The van der Waals surface area contributed by atoms with Crippen molar-refractivity contribution in [3.63, 3.8) is 0 Å². The molecule has 4 nitrogen and oxygen atoms in total. The highest BCUT2D eigenvalue weighted by molar-refractivity contribution is 7.89. The van der Waals surface area contributed by atoms with Crippen LogP contribution in [0.2, 0.25) is 5.02 Å². The van der Waals surface area contributed by atoms with E-state index >= 15 is 0 Å². The first-order chi connectivity index (χ1) is 8.02. The van der Waals surface area contributed by atoms with E-state index in [4.69, 9.17) is 17.3 Å². The van der Waals surface area contributed by atoms with Crippen molar-refractivity contribution in [1.82, 2.24) is 4.31 Å². The minimum Gasteiger partial charge on any atom is -0.329 e. The number of hydrogen-bond acceptors (Lipinski definition) is 3. The van der Waals surface area contributed by atoms with Crippen LogP contribution >= 0.6 is 11.6 Å². The summed E-state index contributed by atoms with van der Waals surface area (Å²) in [4.78, 5) is 0.167. The molecule has 6 heteroatoms. The summed E-state index contributed by atoms with van der Waals surface area (Å²) in [6.45, 7) is 4.27. The van der Waals surface area contributed by atoms with Gasteiger partial charge >= 0.3 is 0 Å². The molecule has 2 N–H and O–H groups in total. The topological polar surface area (TPSA) is 63.4 Å². The fraction of sp³-hybridized carbons (Fsp3) is 0.273. The largest absolute Gasteiger partial charge is 0.329 e. The smallest absolute Gasteiger partial charge is 0.243 e. The van der Waals surface area contributed by atoms with E-state index in [-0.39, 0.29) is 24.5 Å². The van der Waals surface area contributed by atoms with Crippen molar-refractivity contribution in [2.45, 2.75) is 4.90 Å². The molecule has 0 aromatic heterocycles. The Hall–Kier alpha value is -0.880. The SMILES string of the molecule is C=CCN(CCN)S(=O)(=O)c1cccc(Cl)c1. The van der Waals surface area contributed by atoms with Crippen molar-refractivity contribution in [1.29, 1.82) is 0 Å². The Bertz CT molecular complexity index is 488. The third-order valence-corrected chi connectivity index (χ3v) is 4.24. The van der Waals surface area contributed by atoms with Gasteiger partial charge in [-0.05, 0) is 18.2 Å². The molecule has 0 aliphatic rings. The van der Waals surface area contributed by atoms with Gasteiger partial charge in [0.25, 0.3) is 0 Å². The molecule has 0 saturated carbocycles. The summed E-state index contributed by atoms with van der Waals surface area (Å²) in [5, 5.41) is 0.386. The van der Waals surface area contributed by atoms with Crippen LogP contribution in [0.3, 0.4) is 0 Å². The quantitative estimate of drug-likeness (QED) is 0.799. The van der Waals surface area contributed by atoms with Crippen LogP contribution in [-0.2, 0) is 10.0 Å². The Kier molecular flexibility index (Phi) is 5.14. The van der Waals surface area contributed by atoms with Crippen LogP contribution in [-0.4, -0.2) is 32.4 Å². The highest BCUT2D eigenvalue weighted by Gasteiger charge is 2.22. The van der Waals surface area contributed by atoms with Gasteiger partial charge in [0.2, 0.25) is 10.0 Å². The van der Waals surface area contributed by atoms with Crippen LogP contribution in [0, 0.1) is 0 Å². The number of nitrogens with two attached hydrogens (primary N) is 1. The third kappa shape index (κ3) is 3.54. The molecule has 0 radical (unpaired) electrons. The summed E-state index contributed by atoms with van der Waals surface area (Å²) in [6.07, 6.45) is 1.53. The zero-order chi connectivity index (χ0) is 12.9. The second-order valence-electron chi connectivity index (χ2n) is 3.40. The lowest BCUT2D eigenvalue weighted by Crippen LogP contribution is -2.35. The van der Waals surface area contributed by atoms with Crippen molar-refractivity contribution in [3.05, 3.63) is 41.9 Å². The average Bonchev–Trinajstić information content (AvgIpc) is 2.29. The predicted octanol–water partition coefficient (Wildman–Crippen LogP) is 1.48. The number of halogens is 1. The summed E-state index contributed by atoms with van der Waals surface area (Å²) in [6, 6.07) is 6.16. The van der Waals surface area contributed by atoms with E-state index in [1.807, 2.05) is 0 Å². The molecule has 0 unspecified atom stereocenters. The van der Waals surface area contributed by atoms with Crippen molar-refractivity contribution >= 4 is 21.6 Å². The molecule has 0 fully saturated rings. The zero-order valence-corrected chi connectivity index (χ0v) is 10.9. The molecule has 1 aromatic carbocycles. The molecule has 0 aliphatic heterocycles. The maximum atomic E-state index is 12.2. The van der Waals surface area contributed by atoms with Gasteiger partial charge in [-0.25, -0.2) is 8.42 Å². The number of benzene rings is 1. The van der Waals surface area contributed by atoms with E-state index in [0.29, 0.717) is 5.02 Å². The van der Waals surface area contributed by atoms with Crippen LogP contribution in [0.4, 0.5) is 0 Å². The van der Waals surface area contributed by atoms with Crippen LogP contribution in [0.25, 0.3) is 0 Å². The molecule has 0 heterocycles. The van der Waals surface area contributed by atoms with Crippen molar-refractivity contribution in [3.8, 4) is 0 Å². The molecular formula is C11H15ClN2O2S. The third-order valence-electron chi connectivity index (χ3n) is 2.15. The van der Waals surface area contributed by atoms with Gasteiger partial charge in [0.1, 0.15) is 0 Å². The van der Waals surface area contributed by atoms with Gasteiger partial charge in [-0.2, -0.15) is 4.31 Å². The molecule has 0 amide bonds. The van der Waals surface area contributed by atoms with Crippen molar-refractivity contribution < 1.29 is 8.42 Å². The first-order valence-corrected chi connectivity index (χ1v) is 6.91. The normalized spacial score (nSPS) is 11.7. The van der Waals surface area contributed by atoms with Gasteiger partial charge in [-0.3, -0.25) is 0 Å². The van der Waals surface area contributed by atoms with Crippen molar-refractivity contribution in [2.75, 3.05) is 19.6 Å². The van der Waals surface area contributed by atoms with E-state index in [9.17, 15) is 8.42 Å². The minimum absolute atomic E-state index is 0.167. The Morgan fingerprint density at radius 3 is 2.71 bits per heavy atom. The van der Waals surface area contributed by atoms with E-state index in [1.165, 1.54) is 22.5 Å². The number of rotatable bonds is 6. The first-order valence-electron chi connectivity index (χ1n) is 5.09. The van der Waals surface area contributed by atoms with Gasteiger partial charge in [0.05, 0.1) is 4.90 Å². The van der Waals surface area contributed by atoms with Crippen LogP contribution < -0.4 is 5.73 Å². The van der Waals surface area contributed by atoms with Gasteiger partial charge in [0.15, 0.2) is 0 Å². The Morgan fingerprint density at radius 2 is 2.18 bits per heavy atom. The summed E-state index contributed by atoms with van der Waals surface area (Å²) in [5.41, 5.74) is 5.40. The molecule has 0 bridgehead atoms. The van der Waals surface area contributed by atoms with Gasteiger partial charge < -0.3 is 5.73 Å². The zero-order valence-electron chi connectivity index (χ0n) is 9.34. The highest BCUT2D eigenvalue weighted by Crippen LogP contribution is 2.19. The summed E-state index contributed by atoms with van der Waals surface area (Å²) in [7, 11) is -3.55. The maximum absolute atomic E-state index is 12.2. The van der Waals surface area contributed by atoms with Gasteiger partial charge in [-0.1, -0.05) is 23.7 Å². The molecule has 17 heavy (non-hydrogen) atoms. The molecule has 0 spiro atoms. The average molecular weight is 275 g/mol. The van der Waals surface area contributed by atoms with Gasteiger partial charge in [-0.15, -0.1) is 6.58 Å². The summed E-state index contributed by atoms with van der Waals surface area (Å²) < 4.78 is 25.7. The second kappa shape index (κ2) is 6.16. The predicted molar refractivity (Wildman–Crippen MR) is 69.5 cm³/mol. The molecule has 94 valence electrons. The number of sulfonamides is 1. The molecule has 0 atom stereocenters. The second-order valence-corrected chi connectivity index (χ2v) is 5.77. The number of nitrogens with zero attached hydrogens (tertiary/aromatic N) is 1. The van der Waals surface area contributed by atoms with Crippen LogP contribution in [0.1, 0.15) is 0 Å². The monoisotopic (exact) mass is 274 g/mol. The van der Waals surface area contributed by atoms with Crippen LogP contribution in [0.15, 0.2) is 41.8 Å². The Balaban J connectivity index is 3.11. The number of hydrogen-bond donors (Lipinski definition) is 1. The van der Waals surface area contributed by atoms with E-state index in [1.54, 1.807) is 12.1 Å². The molecule has 1 aromatic rings. The maximum Gasteiger partial charge on any atom is 0.243 e. The Morgan fingerprint density at radius 1 is 1.47 bits per heavy atom. The molecule has 0 saturated heterocycles. The molecule has 1 rings (SSSR count). The standard InChI is InChI=1S/C11H15ClN2O2S/c1-2-7-14(8-6-13)17(15,16)11-5-3-4-10(12)9-11/h2-5,9H,1,6-8,13H2. The summed E-state index contributed by atoms with van der Waals surface area (Å²) in [5.74, 6) is 0. The Labute approximate surface area is 107 Å². The molecule has 0 aliphatic carbocycles. The fourth-order valence-electron chi connectivity index (χ4n) is 1.37. The van der Waals surface area contributed by atoms with E-state index < -0.39 is 10.0 Å². The van der Waals surface area contributed by atoms with Crippen molar-refractivity contribution in [2.24, 2.45) is 5.73 Å². The lowest BCUT2D eigenvalue weighted by Gasteiger charge is -2.19. The van der Waals surface area contributed by atoms with Crippen LogP contribution in [0.5, 0.6) is 0 Å². The highest BCUT2D eigenvalue weighted by atomic mass is 35.5.